The molecule has 0 aliphatic carbocycles. The summed E-state index contributed by atoms with van der Waals surface area (Å²) in [5.41, 5.74) is 0.864. The molecule has 0 aliphatic heterocycles. The number of benzene rings is 1. The molecule has 9 heteroatoms. The highest BCUT2D eigenvalue weighted by Gasteiger charge is 2.20. The first kappa shape index (κ1) is 19.4. The number of amides is 1. The minimum Gasteiger partial charge on any atom is -0.493 e. The molecule has 0 atom stereocenters. The van der Waals surface area contributed by atoms with Crippen molar-refractivity contribution in [3.8, 4) is 22.3 Å². The van der Waals surface area contributed by atoms with Crippen molar-refractivity contribution < 1.29 is 28.2 Å². The zero-order valence-electron chi connectivity index (χ0n) is 15.5. The maximum Gasteiger partial charge on any atom is 0.340 e. The van der Waals surface area contributed by atoms with E-state index in [2.05, 4.69) is 10.3 Å². The number of hydrogen-bond donors (Lipinski definition) is 1. The number of esters is 1. The Morgan fingerprint density at radius 1 is 1.21 bits per heavy atom. The predicted molar refractivity (Wildman–Crippen MR) is 103 cm³/mol. The van der Waals surface area contributed by atoms with Gasteiger partial charge >= 0.3 is 5.97 Å². The van der Waals surface area contributed by atoms with E-state index < -0.39 is 5.97 Å². The molecule has 146 valence electrons. The number of anilines is 1. The second-order valence-corrected chi connectivity index (χ2v) is 6.58. The Balaban J connectivity index is 1.78. The van der Waals surface area contributed by atoms with Gasteiger partial charge in [-0.25, -0.2) is 9.78 Å². The highest BCUT2D eigenvalue weighted by atomic mass is 32.1. The Labute approximate surface area is 165 Å². The van der Waals surface area contributed by atoms with E-state index in [1.54, 1.807) is 0 Å². The normalized spacial score (nSPS) is 10.4. The van der Waals surface area contributed by atoms with E-state index in [1.807, 2.05) is 17.5 Å². The quantitative estimate of drug-likeness (QED) is 0.601. The van der Waals surface area contributed by atoms with Crippen molar-refractivity contribution in [3.05, 3.63) is 47.2 Å². The summed E-state index contributed by atoms with van der Waals surface area (Å²) in [5, 5.41) is 4.51. The fourth-order valence-corrected chi connectivity index (χ4v) is 3.10. The van der Waals surface area contributed by atoms with Crippen LogP contribution >= 0.6 is 11.3 Å². The lowest BCUT2D eigenvalue weighted by molar-refractivity contribution is -0.114. The number of thiophene rings is 1. The summed E-state index contributed by atoms with van der Waals surface area (Å²) in [5.74, 6) is 0.194. The molecule has 3 rings (SSSR count). The molecule has 1 aromatic carbocycles. The van der Waals surface area contributed by atoms with Crippen LogP contribution in [0.5, 0.6) is 11.5 Å². The summed E-state index contributed by atoms with van der Waals surface area (Å²) >= 11 is 1.50. The van der Waals surface area contributed by atoms with E-state index in [4.69, 9.17) is 18.6 Å². The topological polar surface area (TPSA) is 99.9 Å². The molecule has 0 saturated carbocycles. The van der Waals surface area contributed by atoms with Crippen molar-refractivity contribution in [1.29, 1.82) is 0 Å². The molecule has 0 fully saturated rings. The van der Waals surface area contributed by atoms with Crippen LogP contribution in [0.3, 0.4) is 0 Å². The predicted octanol–water partition coefficient (Wildman–Crippen LogP) is 3.74. The molecule has 0 radical (unpaired) electrons. The van der Waals surface area contributed by atoms with E-state index in [1.165, 1.54) is 50.9 Å². The monoisotopic (exact) mass is 402 g/mol. The number of carbonyl (C=O) groups excluding carboxylic acids is 2. The van der Waals surface area contributed by atoms with Gasteiger partial charge in [-0.05, 0) is 11.4 Å². The summed E-state index contributed by atoms with van der Waals surface area (Å²) in [6, 6.07) is 6.73. The lowest BCUT2D eigenvalue weighted by Gasteiger charge is -2.14. The number of ether oxygens (including phenoxy) is 3. The maximum atomic E-state index is 12.6. The molecule has 2 aromatic heterocycles. The van der Waals surface area contributed by atoms with Crippen LogP contribution in [0.4, 0.5) is 5.69 Å². The molecule has 8 nitrogen and oxygen atoms in total. The zero-order valence-corrected chi connectivity index (χ0v) is 16.3. The zero-order chi connectivity index (χ0) is 20.1. The molecular formula is C19H18N2O6S. The SMILES string of the molecule is COc1cc(NC(C)=O)c(C(=O)OCc2coc(-c3cccs3)n2)cc1OC. The van der Waals surface area contributed by atoms with Crippen LogP contribution in [0.15, 0.2) is 40.3 Å². The van der Waals surface area contributed by atoms with Crippen molar-refractivity contribution in [2.75, 3.05) is 19.5 Å². The fraction of sp³-hybridized carbons (Fsp3) is 0.211. The highest BCUT2D eigenvalue weighted by molar-refractivity contribution is 7.13. The number of oxazole rings is 1. The average Bonchev–Trinajstić information content (AvgIpc) is 3.36. The number of nitrogens with one attached hydrogen (secondary N) is 1. The van der Waals surface area contributed by atoms with Gasteiger partial charge in [0.1, 0.15) is 18.6 Å². The molecule has 0 unspecified atom stereocenters. The van der Waals surface area contributed by atoms with Gasteiger partial charge in [0.05, 0.1) is 30.3 Å². The van der Waals surface area contributed by atoms with Gasteiger partial charge in [0.25, 0.3) is 0 Å². The van der Waals surface area contributed by atoms with Gasteiger partial charge in [-0.15, -0.1) is 11.3 Å². The van der Waals surface area contributed by atoms with E-state index in [9.17, 15) is 9.59 Å². The van der Waals surface area contributed by atoms with Gasteiger partial charge in [0.2, 0.25) is 11.8 Å². The van der Waals surface area contributed by atoms with Crippen molar-refractivity contribution in [1.82, 2.24) is 4.98 Å². The van der Waals surface area contributed by atoms with Crippen molar-refractivity contribution >= 4 is 28.9 Å². The molecule has 3 aromatic rings. The van der Waals surface area contributed by atoms with Crippen LogP contribution in [0.25, 0.3) is 10.8 Å². The molecule has 1 N–H and O–H groups in total. The first-order valence-corrected chi connectivity index (χ1v) is 9.08. The van der Waals surface area contributed by atoms with Crippen molar-refractivity contribution in [3.63, 3.8) is 0 Å². The van der Waals surface area contributed by atoms with E-state index in [-0.39, 0.29) is 23.8 Å². The van der Waals surface area contributed by atoms with Gasteiger partial charge in [-0.2, -0.15) is 0 Å². The smallest absolute Gasteiger partial charge is 0.340 e. The average molecular weight is 402 g/mol. The highest BCUT2D eigenvalue weighted by Crippen LogP contribution is 2.34. The fourth-order valence-electron chi connectivity index (χ4n) is 2.44. The van der Waals surface area contributed by atoms with Gasteiger partial charge < -0.3 is 23.9 Å². The minimum absolute atomic E-state index is 0.0818. The number of methoxy groups -OCH3 is 2. The van der Waals surface area contributed by atoms with Crippen LogP contribution in [-0.4, -0.2) is 31.1 Å². The van der Waals surface area contributed by atoms with E-state index >= 15 is 0 Å². The van der Waals surface area contributed by atoms with Crippen LogP contribution in [0, 0.1) is 0 Å². The lowest BCUT2D eigenvalue weighted by atomic mass is 10.1. The molecule has 0 saturated heterocycles. The van der Waals surface area contributed by atoms with Crippen molar-refractivity contribution in [2.45, 2.75) is 13.5 Å². The lowest BCUT2D eigenvalue weighted by Crippen LogP contribution is -2.13. The third-order valence-electron chi connectivity index (χ3n) is 3.69. The maximum absolute atomic E-state index is 12.6. The summed E-state index contributed by atoms with van der Waals surface area (Å²) < 4.78 is 21.2. The summed E-state index contributed by atoms with van der Waals surface area (Å²) in [4.78, 5) is 29.3. The minimum atomic E-state index is -0.648. The second-order valence-electron chi connectivity index (χ2n) is 5.63. The second kappa shape index (κ2) is 8.57. The Bertz CT molecular complexity index is 980. The van der Waals surface area contributed by atoms with Crippen LogP contribution in [0.1, 0.15) is 23.0 Å². The third kappa shape index (κ3) is 4.32. The largest absolute Gasteiger partial charge is 0.493 e. The summed E-state index contributed by atoms with van der Waals surface area (Å²) in [6.45, 7) is 1.26. The molecule has 0 aliphatic rings. The number of nitrogens with zero attached hydrogens (tertiary/aromatic N) is 1. The Morgan fingerprint density at radius 2 is 1.96 bits per heavy atom. The molecule has 0 spiro atoms. The Morgan fingerprint density at radius 3 is 2.61 bits per heavy atom. The van der Waals surface area contributed by atoms with Crippen molar-refractivity contribution in [2.24, 2.45) is 0 Å². The summed E-state index contributed by atoms with van der Waals surface area (Å²) in [7, 11) is 2.91. The van der Waals surface area contributed by atoms with E-state index in [0.29, 0.717) is 23.1 Å². The van der Waals surface area contributed by atoms with Crippen LogP contribution < -0.4 is 14.8 Å². The number of carbonyl (C=O) groups is 2. The van der Waals surface area contributed by atoms with Gasteiger partial charge in [-0.3, -0.25) is 4.79 Å². The number of rotatable bonds is 7. The molecule has 28 heavy (non-hydrogen) atoms. The standard InChI is InChI=1S/C19H18N2O6S/c1-11(22)20-14-8-16(25-3)15(24-2)7-13(14)19(23)27-10-12-9-26-18(21-12)17-5-4-6-28-17/h4-9H,10H2,1-3H3,(H,20,22). The number of hydrogen-bond acceptors (Lipinski definition) is 8. The summed E-state index contributed by atoms with van der Waals surface area (Å²) in [6.07, 6.45) is 1.44. The van der Waals surface area contributed by atoms with Crippen LogP contribution in [-0.2, 0) is 16.1 Å². The third-order valence-corrected chi connectivity index (χ3v) is 4.55. The Hall–Kier alpha value is -3.33. The van der Waals surface area contributed by atoms with Gasteiger partial charge in [0.15, 0.2) is 11.5 Å². The van der Waals surface area contributed by atoms with Gasteiger partial charge in [-0.1, -0.05) is 6.07 Å². The van der Waals surface area contributed by atoms with Crippen LogP contribution in [0.2, 0.25) is 0 Å². The van der Waals surface area contributed by atoms with Gasteiger partial charge in [0, 0.05) is 19.1 Å². The Kier molecular flexibility index (Phi) is 5.95. The molecule has 0 bridgehead atoms. The molecular weight excluding hydrogens is 384 g/mol. The molecule has 2 heterocycles. The number of aromatic nitrogens is 1. The van der Waals surface area contributed by atoms with E-state index in [0.717, 1.165) is 4.88 Å². The molecule has 1 amide bonds. The first-order valence-electron chi connectivity index (χ1n) is 8.20. The first-order chi connectivity index (χ1) is 13.5.